The van der Waals surface area contributed by atoms with Crippen molar-refractivity contribution in [1.29, 1.82) is 0 Å². The molecule has 1 unspecified atom stereocenters. The van der Waals surface area contributed by atoms with Crippen LogP contribution in [0.3, 0.4) is 0 Å². The van der Waals surface area contributed by atoms with Crippen molar-refractivity contribution in [3.63, 3.8) is 0 Å². The van der Waals surface area contributed by atoms with Gasteiger partial charge in [0.05, 0.1) is 6.04 Å². The van der Waals surface area contributed by atoms with Gasteiger partial charge in [0.1, 0.15) is 0 Å². The number of hydrogen-bond donors (Lipinski definition) is 1. The molecule has 1 amide bonds. The molecular weight excluding hydrogens is 288 g/mol. The van der Waals surface area contributed by atoms with Gasteiger partial charge in [0.25, 0.3) is 0 Å². The number of piperidine rings is 1. The van der Waals surface area contributed by atoms with Crippen LogP contribution in [0.1, 0.15) is 31.2 Å². The first-order chi connectivity index (χ1) is 11.2. The molecule has 126 valence electrons. The minimum atomic E-state index is -0.343. The molecule has 0 radical (unpaired) electrons. The van der Waals surface area contributed by atoms with Gasteiger partial charge < -0.3 is 15.4 Å². The Morgan fingerprint density at radius 3 is 2.43 bits per heavy atom. The molecule has 2 N–H and O–H groups in total. The van der Waals surface area contributed by atoms with Crippen LogP contribution in [0.5, 0.6) is 0 Å². The minimum absolute atomic E-state index is 0.148. The summed E-state index contributed by atoms with van der Waals surface area (Å²) in [5, 5.41) is 0. The summed E-state index contributed by atoms with van der Waals surface area (Å²) < 4.78 is 5.37. The van der Waals surface area contributed by atoms with Crippen LogP contribution >= 0.6 is 0 Å². The monoisotopic (exact) mass is 316 g/mol. The molecule has 1 aromatic carbocycles. The van der Waals surface area contributed by atoms with E-state index in [0.717, 1.165) is 58.4 Å². The molecular formula is C19H28N2O2. The minimum Gasteiger partial charge on any atom is -0.381 e. The highest BCUT2D eigenvalue weighted by Gasteiger charge is 2.31. The zero-order valence-electron chi connectivity index (χ0n) is 13.8. The van der Waals surface area contributed by atoms with E-state index in [1.165, 1.54) is 5.56 Å². The van der Waals surface area contributed by atoms with Crippen molar-refractivity contribution in [3.05, 3.63) is 35.9 Å². The summed E-state index contributed by atoms with van der Waals surface area (Å²) in [7, 11) is 0. The molecule has 23 heavy (non-hydrogen) atoms. The van der Waals surface area contributed by atoms with Crippen molar-refractivity contribution < 1.29 is 9.53 Å². The molecule has 2 saturated heterocycles. The average Bonchev–Trinajstić information content (AvgIpc) is 2.63. The average molecular weight is 316 g/mol. The lowest BCUT2D eigenvalue weighted by Crippen LogP contribution is -2.51. The smallest absolute Gasteiger partial charge is 0.239 e. The Morgan fingerprint density at radius 1 is 1.13 bits per heavy atom. The molecule has 1 atom stereocenters. The molecule has 0 aliphatic carbocycles. The second kappa shape index (κ2) is 7.93. The molecule has 0 spiro atoms. The molecule has 0 bridgehead atoms. The van der Waals surface area contributed by atoms with Crippen LogP contribution in [0, 0.1) is 11.8 Å². The number of nitrogens with two attached hydrogens (primary N) is 1. The van der Waals surface area contributed by atoms with E-state index < -0.39 is 0 Å². The predicted octanol–water partition coefficient (Wildman–Crippen LogP) is 2.22. The number of nitrogens with zero attached hydrogens (tertiary/aromatic N) is 1. The first-order valence-corrected chi connectivity index (χ1v) is 8.90. The normalized spacial score (nSPS) is 22.0. The SMILES string of the molecule is NC(C(=O)N1CCC(Cc2ccccc2)CC1)C1CCOCC1. The third-order valence-electron chi connectivity index (χ3n) is 5.35. The van der Waals surface area contributed by atoms with E-state index >= 15 is 0 Å². The van der Waals surface area contributed by atoms with Crippen LogP contribution in [0.2, 0.25) is 0 Å². The van der Waals surface area contributed by atoms with Crippen LogP contribution in [-0.4, -0.2) is 43.2 Å². The van der Waals surface area contributed by atoms with Crippen molar-refractivity contribution in [2.75, 3.05) is 26.3 Å². The molecule has 2 fully saturated rings. The van der Waals surface area contributed by atoms with Gasteiger partial charge >= 0.3 is 0 Å². The fourth-order valence-corrected chi connectivity index (χ4v) is 3.79. The van der Waals surface area contributed by atoms with Gasteiger partial charge in [0.15, 0.2) is 0 Å². The Hall–Kier alpha value is -1.39. The maximum absolute atomic E-state index is 12.6. The van der Waals surface area contributed by atoms with Crippen molar-refractivity contribution in [3.8, 4) is 0 Å². The fourth-order valence-electron chi connectivity index (χ4n) is 3.79. The standard InChI is InChI=1S/C19H28N2O2/c20-18(17-8-12-23-13-9-17)19(22)21-10-6-16(7-11-21)14-15-4-2-1-3-5-15/h1-5,16-18H,6-14,20H2. The topological polar surface area (TPSA) is 55.6 Å². The molecule has 0 aromatic heterocycles. The summed E-state index contributed by atoms with van der Waals surface area (Å²) in [5.74, 6) is 1.12. The second-order valence-corrected chi connectivity index (χ2v) is 6.93. The number of carbonyl (C=O) groups is 1. The lowest BCUT2D eigenvalue weighted by molar-refractivity contribution is -0.136. The van der Waals surface area contributed by atoms with Crippen molar-refractivity contribution in [2.45, 2.75) is 38.1 Å². The van der Waals surface area contributed by atoms with E-state index in [-0.39, 0.29) is 11.9 Å². The van der Waals surface area contributed by atoms with Gasteiger partial charge in [0, 0.05) is 26.3 Å². The van der Waals surface area contributed by atoms with E-state index in [1.54, 1.807) is 0 Å². The van der Waals surface area contributed by atoms with Crippen LogP contribution in [0.4, 0.5) is 0 Å². The summed E-state index contributed by atoms with van der Waals surface area (Å²) in [5.41, 5.74) is 7.63. The van der Waals surface area contributed by atoms with Crippen LogP contribution < -0.4 is 5.73 Å². The van der Waals surface area contributed by atoms with Gasteiger partial charge in [-0.15, -0.1) is 0 Å². The van der Waals surface area contributed by atoms with E-state index in [0.29, 0.717) is 11.8 Å². The van der Waals surface area contributed by atoms with E-state index in [2.05, 4.69) is 30.3 Å². The number of amides is 1. The van der Waals surface area contributed by atoms with Crippen LogP contribution in [0.15, 0.2) is 30.3 Å². The van der Waals surface area contributed by atoms with Gasteiger partial charge in [-0.05, 0) is 49.5 Å². The van der Waals surface area contributed by atoms with Gasteiger partial charge in [-0.1, -0.05) is 30.3 Å². The maximum Gasteiger partial charge on any atom is 0.239 e. The van der Waals surface area contributed by atoms with Crippen molar-refractivity contribution >= 4 is 5.91 Å². The number of benzene rings is 1. The highest BCUT2D eigenvalue weighted by Crippen LogP contribution is 2.24. The molecule has 2 aliphatic heterocycles. The molecule has 3 rings (SSSR count). The summed E-state index contributed by atoms with van der Waals surface area (Å²) in [4.78, 5) is 14.6. The summed E-state index contributed by atoms with van der Waals surface area (Å²) >= 11 is 0. The molecule has 2 heterocycles. The van der Waals surface area contributed by atoms with Crippen molar-refractivity contribution in [2.24, 2.45) is 17.6 Å². The lowest BCUT2D eigenvalue weighted by Gasteiger charge is -2.36. The zero-order chi connectivity index (χ0) is 16.1. The predicted molar refractivity (Wildman–Crippen MR) is 91.0 cm³/mol. The third kappa shape index (κ3) is 4.33. The van der Waals surface area contributed by atoms with Crippen LogP contribution in [0.25, 0.3) is 0 Å². The summed E-state index contributed by atoms with van der Waals surface area (Å²) in [6.45, 7) is 3.19. The number of likely N-dealkylation sites (tertiary alicyclic amines) is 1. The third-order valence-corrected chi connectivity index (χ3v) is 5.35. The van der Waals surface area contributed by atoms with Crippen molar-refractivity contribution in [1.82, 2.24) is 4.90 Å². The lowest BCUT2D eigenvalue weighted by atomic mass is 9.88. The Morgan fingerprint density at radius 2 is 1.78 bits per heavy atom. The maximum atomic E-state index is 12.6. The van der Waals surface area contributed by atoms with E-state index in [4.69, 9.17) is 10.5 Å². The highest BCUT2D eigenvalue weighted by atomic mass is 16.5. The molecule has 1 aromatic rings. The first-order valence-electron chi connectivity index (χ1n) is 8.90. The summed E-state index contributed by atoms with van der Waals surface area (Å²) in [6.07, 6.45) is 5.12. The van der Waals surface area contributed by atoms with Gasteiger partial charge in [0.2, 0.25) is 5.91 Å². The zero-order valence-corrected chi connectivity index (χ0v) is 13.8. The van der Waals surface area contributed by atoms with Gasteiger partial charge in [-0.3, -0.25) is 4.79 Å². The van der Waals surface area contributed by atoms with Crippen LogP contribution in [-0.2, 0) is 16.0 Å². The Bertz CT molecular complexity index is 491. The van der Waals surface area contributed by atoms with Gasteiger partial charge in [-0.25, -0.2) is 0 Å². The molecule has 4 nitrogen and oxygen atoms in total. The molecule has 0 saturated carbocycles. The van der Waals surface area contributed by atoms with Gasteiger partial charge in [-0.2, -0.15) is 0 Å². The number of ether oxygens (including phenoxy) is 1. The molecule has 2 aliphatic rings. The molecule has 4 heteroatoms. The highest BCUT2D eigenvalue weighted by molar-refractivity contribution is 5.82. The van der Waals surface area contributed by atoms with E-state index in [9.17, 15) is 4.79 Å². The quantitative estimate of drug-likeness (QED) is 0.927. The summed E-state index contributed by atoms with van der Waals surface area (Å²) in [6, 6.07) is 10.3. The fraction of sp³-hybridized carbons (Fsp3) is 0.632. The Balaban J connectivity index is 1.47. The Kier molecular flexibility index (Phi) is 5.68. The number of carbonyl (C=O) groups excluding carboxylic acids is 1. The van der Waals surface area contributed by atoms with E-state index in [1.807, 2.05) is 4.90 Å². The largest absolute Gasteiger partial charge is 0.381 e. The Labute approximate surface area is 139 Å². The number of hydrogen-bond acceptors (Lipinski definition) is 3. The second-order valence-electron chi connectivity index (χ2n) is 6.93. The number of rotatable bonds is 4. The first kappa shape index (κ1) is 16.5.